The number of fused-ring (bicyclic) bond motifs is 1. The van der Waals surface area contributed by atoms with Crippen LogP contribution in [0.2, 0.25) is 0 Å². The van der Waals surface area contributed by atoms with Crippen LogP contribution in [0.25, 0.3) is 0 Å². The predicted molar refractivity (Wildman–Crippen MR) is 103 cm³/mol. The summed E-state index contributed by atoms with van der Waals surface area (Å²) in [6.07, 6.45) is 2.37. The molecule has 2 aromatic carbocycles. The first kappa shape index (κ1) is 15.8. The Morgan fingerprint density at radius 1 is 0.875 bits per heavy atom. The van der Waals surface area contributed by atoms with Gasteiger partial charge in [0.15, 0.2) is 0 Å². The minimum absolute atomic E-state index is 1.04. The van der Waals surface area contributed by atoms with Crippen molar-refractivity contribution in [2.75, 3.05) is 25.5 Å². The van der Waals surface area contributed by atoms with Crippen molar-refractivity contribution in [1.29, 1.82) is 0 Å². The smallest absolute Gasteiger partial charge is 0.0726 e. The van der Waals surface area contributed by atoms with Gasteiger partial charge in [-0.15, -0.1) is 11.8 Å². The molecular formula is C21H24N2S. The van der Waals surface area contributed by atoms with E-state index in [4.69, 9.17) is 0 Å². The average molecular weight is 337 g/mol. The van der Waals surface area contributed by atoms with E-state index in [1.54, 1.807) is 10.6 Å². The fourth-order valence-corrected chi connectivity index (χ4v) is 4.77. The molecular weight excluding hydrogens is 312 g/mol. The summed E-state index contributed by atoms with van der Waals surface area (Å²) in [4.78, 5) is 5.18. The second-order valence-corrected chi connectivity index (χ2v) is 7.73. The lowest BCUT2D eigenvalue weighted by Gasteiger charge is -2.42. The Bertz CT molecular complexity index is 696. The third-order valence-electron chi connectivity index (χ3n) is 4.70. The van der Waals surface area contributed by atoms with Gasteiger partial charge in [0.2, 0.25) is 0 Å². The van der Waals surface area contributed by atoms with Crippen LogP contribution in [0.3, 0.4) is 0 Å². The summed E-state index contributed by atoms with van der Waals surface area (Å²) < 4.78 is 0. The molecule has 0 aromatic heterocycles. The van der Waals surface area contributed by atoms with Crippen LogP contribution < -0.4 is 0 Å². The monoisotopic (exact) mass is 336 g/mol. The zero-order valence-corrected chi connectivity index (χ0v) is 14.8. The molecule has 2 heterocycles. The highest BCUT2D eigenvalue weighted by Gasteiger charge is 2.27. The minimum Gasteiger partial charge on any atom is -0.353 e. The third-order valence-corrected chi connectivity index (χ3v) is 6.01. The molecule has 0 spiro atoms. The molecule has 0 bridgehead atoms. The average Bonchev–Trinajstić information content (AvgIpc) is 2.63. The molecule has 24 heavy (non-hydrogen) atoms. The van der Waals surface area contributed by atoms with E-state index in [1.807, 2.05) is 0 Å². The Hall–Kier alpha value is -1.71. The summed E-state index contributed by atoms with van der Waals surface area (Å²) in [5.41, 5.74) is 4.42. The first-order chi connectivity index (χ1) is 11.9. The van der Waals surface area contributed by atoms with Crippen molar-refractivity contribution >= 4 is 11.8 Å². The lowest BCUT2D eigenvalue weighted by molar-refractivity contribution is 0.148. The van der Waals surface area contributed by atoms with Gasteiger partial charge in [-0.25, -0.2) is 0 Å². The van der Waals surface area contributed by atoms with Crippen molar-refractivity contribution in [3.8, 4) is 0 Å². The largest absolute Gasteiger partial charge is 0.353 e. The van der Waals surface area contributed by atoms with Crippen molar-refractivity contribution in [3.05, 3.63) is 82.4 Å². The first-order valence-corrected chi connectivity index (χ1v) is 9.77. The summed E-state index contributed by atoms with van der Waals surface area (Å²) in [6, 6.07) is 21.8. The van der Waals surface area contributed by atoms with Gasteiger partial charge >= 0.3 is 0 Å². The molecule has 0 aliphatic carbocycles. The topological polar surface area (TPSA) is 6.48 Å². The molecule has 0 saturated carbocycles. The second-order valence-electron chi connectivity index (χ2n) is 6.65. The lowest BCUT2D eigenvalue weighted by Crippen LogP contribution is -2.45. The molecule has 0 atom stereocenters. The SMILES string of the molecule is c1ccc(CC2=C3SCCCN3CN(Cc3ccccc3)C2)cc1. The zero-order valence-electron chi connectivity index (χ0n) is 14.0. The predicted octanol–water partition coefficient (Wildman–Crippen LogP) is 4.35. The molecule has 2 aliphatic heterocycles. The van der Waals surface area contributed by atoms with E-state index < -0.39 is 0 Å². The number of benzene rings is 2. The molecule has 0 radical (unpaired) electrons. The maximum Gasteiger partial charge on any atom is 0.0726 e. The number of thioether (sulfide) groups is 1. The molecule has 2 aliphatic rings. The van der Waals surface area contributed by atoms with Crippen LogP contribution in [0.1, 0.15) is 17.5 Å². The Morgan fingerprint density at radius 3 is 2.33 bits per heavy atom. The molecule has 0 unspecified atom stereocenters. The minimum atomic E-state index is 1.04. The van der Waals surface area contributed by atoms with Crippen LogP contribution in [0.5, 0.6) is 0 Å². The zero-order chi connectivity index (χ0) is 16.2. The molecule has 124 valence electrons. The van der Waals surface area contributed by atoms with E-state index in [9.17, 15) is 0 Å². The summed E-state index contributed by atoms with van der Waals surface area (Å²) >= 11 is 2.06. The van der Waals surface area contributed by atoms with Gasteiger partial charge in [-0.3, -0.25) is 4.90 Å². The van der Waals surface area contributed by atoms with Crippen molar-refractivity contribution < 1.29 is 0 Å². The van der Waals surface area contributed by atoms with Gasteiger partial charge in [0.1, 0.15) is 0 Å². The van der Waals surface area contributed by atoms with Crippen molar-refractivity contribution in [3.63, 3.8) is 0 Å². The highest BCUT2D eigenvalue weighted by molar-refractivity contribution is 8.03. The summed E-state index contributed by atoms with van der Waals surface area (Å²) in [5, 5.41) is 1.55. The molecule has 3 heteroatoms. The molecule has 2 aromatic rings. The van der Waals surface area contributed by atoms with Crippen LogP contribution >= 0.6 is 11.8 Å². The van der Waals surface area contributed by atoms with Crippen molar-refractivity contribution in [2.45, 2.75) is 19.4 Å². The summed E-state index contributed by atoms with van der Waals surface area (Å²) in [5.74, 6) is 1.27. The van der Waals surface area contributed by atoms with E-state index in [2.05, 4.69) is 82.2 Å². The summed E-state index contributed by atoms with van der Waals surface area (Å²) in [6.45, 7) is 4.39. The van der Waals surface area contributed by atoms with Crippen molar-refractivity contribution in [1.82, 2.24) is 9.80 Å². The normalized spacial score (nSPS) is 18.6. The number of nitrogens with zero attached hydrogens (tertiary/aromatic N) is 2. The standard InChI is InChI=1S/C21H24N2S/c1-3-8-18(9-4-1)14-20-16-22(15-19-10-5-2-6-11-19)17-23-12-7-13-24-21(20)23/h1-6,8-11H,7,12-17H2. The van der Waals surface area contributed by atoms with Crippen molar-refractivity contribution in [2.24, 2.45) is 0 Å². The van der Waals surface area contributed by atoms with Crippen LogP contribution in [0.15, 0.2) is 71.3 Å². The summed E-state index contributed by atoms with van der Waals surface area (Å²) in [7, 11) is 0. The van der Waals surface area contributed by atoms with Gasteiger partial charge in [-0.1, -0.05) is 60.7 Å². The van der Waals surface area contributed by atoms with Crippen LogP contribution in [-0.4, -0.2) is 35.3 Å². The van der Waals surface area contributed by atoms with Gasteiger partial charge < -0.3 is 4.90 Å². The fourth-order valence-electron chi connectivity index (χ4n) is 3.63. The van der Waals surface area contributed by atoms with Gasteiger partial charge in [-0.05, 0) is 29.5 Å². The van der Waals surface area contributed by atoms with Crippen LogP contribution in [0, 0.1) is 0 Å². The molecule has 1 fully saturated rings. The Balaban J connectivity index is 1.55. The van der Waals surface area contributed by atoms with E-state index in [0.717, 1.165) is 26.2 Å². The second kappa shape index (κ2) is 7.45. The van der Waals surface area contributed by atoms with Gasteiger partial charge in [0.25, 0.3) is 0 Å². The van der Waals surface area contributed by atoms with E-state index in [-0.39, 0.29) is 0 Å². The molecule has 2 nitrogen and oxygen atoms in total. The van der Waals surface area contributed by atoms with E-state index in [1.165, 1.54) is 29.8 Å². The van der Waals surface area contributed by atoms with Gasteiger partial charge in [0.05, 0.1) is 11.7 Å². The van der Waals surface area contributed by atoms with E-state index in [0.29, 0.717) is 0 Å². The van der Waals surface area contributed by atoms with Gasteiger partial charge in [0, 0.05) is 25.4 Å². The lowest BCUT2D eigenvalue weighted by atomic mass is 10.0. The Morgan fingerprint density at radius 2 is 1.58 bits per heavy atom. The molecule has 0 N–H and O–H groups in total. The molecule has 4 rings (SSSR count). The maximum atomic E-state index is 2.60. The Labute approximate surface area is 149 Å². The van der Waals surface area contributed by atoms with Crippen LogP contribution in [0.4, 0.5) is 0 Å². The Kier molecular flexibility index (Phi) is 4.91. The third kappa shape index (κ3) is 3.68. The number of hydrogen-bond acceptors (Lipinski definition) is 3. The highest BCUT2D eigenvalue weighted by Crippen LogP contribution is 2.34. The first-order valence-electron chi connectivity index (χ1n) is 8.78. The maximum absolute atomic E-state index is 2.60. The van der Waals surface area contributed by atoms with Gasteiger partial charge in [-0.2, -0.15) is 0 Å². The molecule has 1 saturated heterocycles. The number of rotatable bonds is 4. The quantitative estimate of drug-likeness (QED) is 0.819. The molecule has 0 amide bonds. The number of hydrogen-bond donors (Lipinski definition) is 0. The van der Waals surface area contributed by atoms with E-state index >= 15 is 0 Å². The fraction of sp³-hybridized carbons (Fsp3) is 0.333. The highest BCUT2D eigenvalue weighted by atomic mass is 32.2. The van der Waals surface area contributed by atoms with Crippen LogP contribution in [-0.2, 0) is 13.0 Å².